The molecule has 2 aliphatic rings. The van der Waals surface area contributed by atoms with Crippen LogP contribution in [0.4, 0.5) is 8.78 Å². The maximum Gasteiger partial charge on any atom is 0.388 e. The van der Waals surface area contributed by atoms with Gasteiger partial charge >= 0.3 is 11.2 Å². The predicted molar refractivity (Wildman–Crippen MR) is 55.5 cm³/mol. The average molecular weight is 252 g/mol. The van der Waals surface area contributed by atoms with Crippen LogP contribution in [0.1, 0.15) is 27.2 Å². The third-order valence-electron chi connectivity index (χ3n) is 3.27. The molecule has 3 atom stereocenters. The molecular formula is C10H14F2O3S. The third kappa shape index (κ3) is 1.82. The molecular weight excluding hydrogens is 238 g/mol. The van der Waals surface area contributed by atoms with Gasteiger partial charge in [0.1, 0.15) is 12.2 Å². The molecule has 3 nitrogen and oxygen atoms in total. The van der Waals surface area contributed by atoms with Crippen LogP contribution in [0.2, 0.25) is 0 Å². The Morgan fingerprint density at radius 1 is 1.50 bits per heavy atom. The fraction of sp³-hybridized carbons (Fsp3) is 0.900. The zero-order valence-electron chi connectivity index (χ0n) is 9.29. The van der Waals surface area contributed by atoms with Crippen LogP contribution in [0.3, 0.4) is 0 Å². The van der Waals surface area contributed by atoms with Gasteiger partial charge in [-0.05, 0) is 13.3 Å². The molecule has 0 aromatic rings. The van der Waals surface area contributed by atoms with E-state index in [0.717, 1.165) is 0 Å². The number of ether oxygens (including phenoxy) is 2. The number of rotatable bonds is 2. The SMILES string of the molecule is CC1(C)CC2(C)OC2C1OC(=O)C(F)(F)S. The molecule has 0 radical (unpaired) electrons. The Hall–Kier alpha value is -0.360. The van der Waals surface area contributed by atoms with Crippen LogP contribution >= 0.6 is 12.6 Å². The van der Waals surface area contributed by atoms with Crippen LogP contribution in [-0.4, -0.2) is 29.0 Å². The molecule has 1 aliphatic heterocycles. The van der Waals surface area contributed by atoms with Crippen molar-refractivity contribution in [2.45, 2.75) is 50.3 Å². The quantitative estimate of drug-likeness (QED) is 0.464. The molecule has 2 fully saturated rings. The largest absolute Gasteiger partial charge is 0.454 e. The van der Waals surface area contributed by atoms with Gasteiger partial charge in [0.2, 0.25) is 0 Å². The van der Waals surface area contributed by atoms with E-state index in [1.807, 2.05) is 20.8 Å². The van der Waals surface area contributed by atoms with E-state index in [9.17, 15) is 13.6 Å². The summed E-state index contributed by atoms with van der Waals surface area (Å²) in [4.78, 5) is 11.1. The number of carbonyl (C=O) groups excluding carboxylic acids is 1. The minimum Gasteiger partial charge on any atom is -0.454 e. The van der Waals surface area contributed by atoms with Crippen molar-refractivity contribution in [3.63, 3.8) is 0 Å². The van der Waals surface area contributed by atoms with Crippen molar-refractivity contribution in [3.05, 3.63) is 0 Å². The van der Waals surface area contributed by atoms with Gasteiger partial charge in [-0.2, -0.15) is 8.78 Å². The number of halogens is 2. The van der Waals surface area contributed by atoms with Gasteiger partial charge in [-0.3, -0.25) is 0 Å². The van der Waals surface area contributed by atoms with Gasteiger partial charge in [-0.1, -0.05) is 26.5 Å². The van der Waals surface area contributed by atoms with Gasteiger partial charge in [0.05, 0.1) is 5.60 Å². The summed E-state index contributed by atoms with van der Waals surface area (Å²) in [6, 6.07) is 0. The van der Waals surface area contributed by atoms with Crippen molar-refractivity contribution < 1.29 is 23.0 Å². The summed E-state index contributed by atoms with van der Waals surface area (Å²) in [6.07, 6.45) is -0.189. The number of alkyl halides is 2. The van der Waals surface area contributed by atoms with E-state index in [0.29, 0.717) is 6.42 Å². The number of hydrogen-bond donors (Lipinski definition) is 1. The first kappa shape index (κ1) is 12.1. The fourth-order valence-corrected chi connectivity index (χ4v) is 2.66. The van der Waals surface area contributed by atoms with E-state index in [1.54, 1.807) is 0 Å². The Morgan fingerprint density at radius 3 is 2.44 bits per heavy atom. The summed E-state index contributed by atoms with van der Waals surface area (Å²) in [6.45, 7) is 5.65. The summed E-state index contributed by atoms with van der Waals surface area (Å²) >= 11 is 2.89. The lowest BCUT2D eigenvalue weighted by molar-refractivity contribution is -0.173. The Kier molecular flexibility index (Phi) is 2.35. The molecule has 1 saturated carbocycles. The highest BCUT2D eigenvalue weighted by Crippen LogP contribution is 2.58. The summed E-state index contributed by atoms with van der Waals surface area (Å²) in [5.74, 6) is -1.60. The summed E-state index contributed by atoms with van der Waals surface area (Å²) in [5, 5.41) is -3.75. The number of carbonyl (C=O) groups is 1. The normalized spacial score (nSPS) is 40.4. The number of epoxide rings is 1. The van der Waals surface area contributed by atoms with E-state index in [1.165, 1.54) is 0 Å². The van der Waals surface area contributed by atoms with Gasteiger partial charge < -0.3 is 9.47 Å². The van der Waals surface area contributed by atoms with Crippen molar-refractivity contribution in [1.82, 2.24) is 0 Å². The molecule has 0 N–H and O–H groups in total. The minimum absolute atomic E-state index is 0.262. The van der Waals surface area contributed by atoms with Crippen LogP contribution in [0, 0.1) is 5.41 Å². The van der Waals surface area contributed by atoms with E-state index in [4.69, 9.17) is 9.47 Å². The zero-order valence-corrected chi connectivity index (χ0v) is 10.2. The van der Waals surface area contributed by atoms with Gasteiger partial charge in [-0.15, -0.1) is 0 Å². The van der Waals surface area contributed by atoms with Crippen molar-refractivity contribution >= 4 is 18.6 Å². The standard InChI is InChI=1S/C10H14F2O3S/c1-8(2)4-9(3)6(15-9)5(8)14-7(13)10(11,12)16/h5-6,16H,4H2,1-3H3. The van der Waals surface area contributed by atoms with Crippen molar-refractivity contribution in [2.24, 2.45) is 5.41 Å². The molecule has 2 rings (SSSR count). The average Bonchev–Trinajstić information content (AvgIpc) is 2.62. The number of esters is 1. The lowest BCUT2D eigenvalue weighted by Gasteiger charge is -2.29. The first-order valence-electron chi connectivity index (χ1n) is 5.05. The van der Waals surface area contributed by atoms with Crippen molar-refractivity contribution in [3.8, 4) is 0 Å². The van der Waals surface area contributed by atoms with Gasteiger partial charge in [0.25, 0.3) is 0 Å². The first-order chi connectivity index (χ1) is 7.06. The van der Waals surface area contributed by atoms with E-state index < -0.39 is 17.3 Å². The van der Waals surface area contributed by atoms with E-state index >= 15 is 0 Å². The van der Waals surface area contributed by atoms with Crippen LogP contribution in [0.25, 0.3) is 0 Å². The number of hydrogen-bond acceptors (Lipinski definition) is 4. The summed E-state index contributed by atoms with van der Waals surface area (Å²) in [7, 11) is 0. The van der Waals surface area contributed by atoms with Crippen LogP contribution < -0.4 is 0 Å². The minimum atomic E-state index is -3.75. The highest BCUT2D eigenvalue weighted by molar-refractivity contribution is 7.82. The highest BCUT2D eigenvalue weighted by Gasteiger charge is 2.69. The lowest BCUT2D eigenvalue weighted by Crippen LogP contribution is -2.38. The molecule has 0 aromatic carbocycles. The second kappa shape index (κ2) is 3.10. The molecule has 0 aromatic heterocycles. The van der Waals surface area contributed by atoms with Crippen LogP contribution in [0.15, 0.2) is 0 Å². The smallest absolute Gasteiger partial charge is 0.388 e. The molecule has 1 saturated heterocycles. The van der Waals surface area contributed by atoms with Crippen LogP contribution in [-0.2, 0) is 14.3 Å². The molecule has 0 amide bonds. The van der Waals surface area contributed by atoms with Gasteiger partial charge in [0.15, 0.2) is 0 Å². The molecule has 16 heavy (non-hydrogen) atoms. The van der Waals surface area contributed by atoms with E-state index in [-0.39, 0.29) is 17.1 Å². The number of thiol groups is 1. The van der Waals surface area contributed by atoms with E-state index in [2.05, 4.69) is 12.6 Å². The van der Waals surface area contributed by atoms with Gasteiger partial charge in [-0.25, -0.2) is 4.79 Å². The Labute approximate surface area is 97.9 Å². The maximum absolute atomic E-state index is 12.6. The first-order valence-corrected chi connectivity index (χ1v) is 5.50. The molecule has 1 heterocycles. The molecule has 1 aliphatic carbocycles. The van der Waals surface area contributed by atoms with Crippen molar-refractivity contribution in [1.29, 1.82) is 0 Å². The molecule has 92 valence electrons. The Bertz CT molecular complexity index is 339. The Balaban J connectivity index is 2.08. The Morgan fingerprint density at radius 2 is 2.06 bits per heavy atom. The molecule has 6 heteroatoms. The van der Waals surface area contributed by atoms with Crippen LogP contribution in [0.5, 0.6) is 0 Å². The second-order valence-electron chi connectivity index (χ2n) is 5.38. The predicted octanol–water partition coefficient (Wildman–Crippen LogP) is 2.01. The lowest BCUT2D eigenvalue weighted by atomic mass is 9.87. The van der Waals surface area contributed by atoms with Crippen molar-refractivity contribution in [2.75, 3.05) is 0 Å². The van der Waals surface area contributed by atoms with Gasteiger partial charge in [0, 0.05) is 5.41 Å². The molecule has 3 unspecified atom stereocenters. The number of fused-ring (bicyclic) bond motifs is 1. The zero-order chi connectivity index (χ0) is 12.4. The fourth-order valence-electron chi connectivity index (χ4n) is 2.60. The molecule has 0 bridgehead atoms. The topological polar surface area (TPSA) is 38.8 Å². The monoisotopic (exact) mass is 252 g/mol. The maximum atomic E-state index is 12.6. The summed E-state index contributed by atoms with van der Waals surface area (Å²) < 4.78 is 35.4. The molecule has 0 spiro atoms. The summed E-state index contributed by atoms with van der Waals surface area (Å²) in [5.41, 5.74) is -0.660. The second-order valence-corrected chi connectivity index (χ2v) is 5.95. The highest BCUT2D eigenvalue weighted by atomic mass is 32.1. The third-order valence-corrected chi connectivity index (χ3v) is 3.45.